The first-order chi connectivity index (χ1) is 20.1. The highest BCUT2D eigenvalue weighted by atomic mass is 19.4. The van der Waals surface area contributed by atoms with Crippen molar-refractivity contribution in [3.8, 4) is 6.07 Å². The molecular weight excluding hydrogens is 552 g/mol. The molecule has 0 aliphatic carbocycles. The molecule has 0 amide bonds. The van der Waals surface area contributed by atoms with E-state index in [0.29, 0.717) is 28.1 Å². The number of hydrogen-bond donors (Lipinski definition) is 1. The number of anilines is 4. The lowest BCUT2D eigenvalue weighted by Crippen LogP contribution is -2.34. The quantitative estimate of drug-likeness (QED) is 0.188. The van der Waals surface area contributed by atoms with E-state index in [1.807, 2.05) is 0 Å². The molecule has 0 saturated carbocycles. The van der Waals surface area contributed by atoms with Crippen molar-refractivity contribution in [1.29, 1.82) is 5.26 Å². The summed E-state index contributed by atoms with van der Waals surface area (Å²) >= 11 is 0. The number of halogens is 4. The lowest BCUT2D eigenvalue weighted by Gasteiger charge is -2.35. The molecule has 42 heavy (non-hydrogen) atoms. The number of nitrogens with zero attached hydrogens (tertiary/aromatic N) is 5. The fraction of sp³-hybridized carbons (Fsp3) is 0.200. The number of ether oxygens (including phenoxy) is 1. The Morgan fingerprint density at radius 3 is 2.50 bits per heavy atom. The number of nitriles is 1. The summed E-state index contributed by atoms with van der Waals surface area (Å²) in [7, 11) is 0. The number of alkyl halides is 4. The van der Waals surface area contributed by atoms with Crippen molar-refractivity contribution in [3.63, 3.8) is 0 Å². The zero-order valence-corrected chi connectivity index (χ0v) is 22.5. The fourth-order valence-electron chi connectivity index (χ4n) is 4.79. The second kappa shape index (κ2) is 11.4. The van der Waals surface area contributed by atoms with Gasteiger partial charge in [-0.3, -0.25) is 4.90 Å². The number of benzene rings is 3. The summed E-state index contributed by atoms with van der Waals surface area (Å²) in [5.74, 6) is -0.433. The van der Waals surface area contributed by atoms with E-state index in [1.54, 1.807) is 67.3 Å². The molecule has 0 saturated heterocycles. The standard InChI is InChI=1S/C30H24F4N6O2/c1-3-42-27(41)25-18(2)39(24-9-4-6-20(14-24)16-31)29-37-28(36-23-8-5-7-22(15-23)30(32,33)34)38-40(29)26(25)21-12-10-19(17-35)11-13-21/h4-15,26H,3,16H2,1-2H3,(H,36,38). The van der Waals surface area contributed by atoms with Crippen molar-refractivity contribution < 1.29 is 27.1 Å². The van der Waals surface area contributed by atoms with Crippen molar-refractivity contribution >= 4 is 29.2 Å². The second-order valence-corrected chi connectivity index (χ2v) is 9.38. The summed E-state index contributed by atoms with van der Waals surface area (Å²) < 4.78 is 60.5. The summed E-state index contributed by atoms with van der Waals surface area (Å²) in [6, 6.07) is 19.0. The number of carbonyl (C=O) groups excluding carboxylic acids is 1. The number of fused-ring (bicyclic) bond motifs is 1. The van der Waals surface area contributed by atoms with Crippen LogP contribution in [0.2, 0.25) is 0 Å². The Labute approximate surface area is 238 Å². The third-order valence-corrected chi connectivity index (χ3v) is 6.68. The van der Waals surface area contributed by atoms with Gasteiger partial charge in [-0.2, -0.15) is 23.4 Å². The zero-order valence-electron chi connectivity index (χ0n) is 22.5. The normalized spacial score (nSPS) is 14.8. The number of rotatable bonds is 7. The molecule has 214 valence electrons. The van der Waals surface area contributed by atoms with Crippen LogP contribution >= 0.6 is 0 Å². The predicted octanol–water partition coefficient (Wildman–Crippen LogP) is 6.96. The van der Waals surface area contributed by atoms with Gasteiger partial charge >= 0.3 is 12.1 Å². The Balaban J connectivity index is 1.71. The van der Waals surface area contributed by atoms with Crippen LogP contribution in [0, 0.1) is 11.3 Å². The average Bonchev–Trinajstić information content (AvgIpc) is 3.39. The molecule has 0 fully saturated rings. The van der Waals surface area contributed by atoms with E-state index < -0.39 is 30.4 Å². The molecule has 5 rings (SSSR count). The van der Waals surface area contributed by atoms with Crippen molar-refractivity contribution in [3.05, 3.63) is 106 Å². The molecule has 1 N–H and O–H groups in total. The molecule has 4 aromatic rings. The van der Waals surface area contributed by atoms with Crippen LogP contribution in [0.5, 0.6) is 0 Å². The number of aromatic nitrogens is 3. The predicted molar refractivity (Wildman–Crippen MR) is 147 cm³/mol. The molecule has 1 aliphatic rings. The van der Waals surface area contributed by atoms with Crippen LogP contribution in [0.3, 0.4) is 0 Å². The van der Waals surface area contributed by atoms with Crippen LogP contribution in [0.25, 0.3) is 0 Å². The summed E-state index contributed by atoms with van der Waals surface area (Å²) in [4.78, 5) is 19.7. The largest absolute Gasteiger partial charge is 0.463 e. The van der Waals surface area contributed by atoms with Crippen LogP contribution in [-0.2, 0) is 22.4 Å². The number of esters is 1. The number of allylic oxidation sites excluding steroid dienone is 1. The van der Waals surface area contributed by atoms with Crippen LogP contribution < -0.4 is 10.2 Å². The molecule has 0 bridgehead atoms. The Morgan fingerprint density at radius 1 is 1.10 bits per heavy atom. The monoisotopic (exact) mass is 576 g/mol. The van der Waals surface area contributed by atoms with E-state index in [0.717, 1.165) is 12.1 Å². The summed E-state index contributed by atoms with van der Waals surface area (Å²) in [5.41, 5.74) is 1.78. The van der Waals surface area contributed by atoms with E-state index in [1.165, 1.54) is 16.8 Å². The Bertz CT molecular complexity index is 1710. The van der Waals surface area contributed by atoms with E-state index in [2.05, 4.69) is 21.5 Å². The topological polar surface area (TPSA) is 96.1 Å². The Kier molecular flexibility index (Phi) is 7.67. The van der Waals surface area contributed by atoms with Crippen molar-refractivity contribution in [2.24, 2.45) is 0 Å². The van der Waals surface area contributed by atoms with E-state index in [9.17, 15) is 27.6 Å². The minimum Gasteiger partial charge on any atom is -0.463 e. The van der Waals surface area contributed by atoms with Gasteiger partial charge in [-0.05, 0) is 67.4 Å². The third-order valence-electron chi connectivity index (χ3n) is 6.68. The minimum atomic E-state index is -4.55. The van der Waals surface area contributed by atoms with Gasteiger partial charge in [0, 0.05) is 17.1 Å². The zero-order chi connectivity index (χ0) is 30.0. The van der Waals surface area contributed by atoms with Crippen molar-refractivity contribution in [2.75, 3.05) is 16.8 Å². The highest BCUT2D eigenvalue weighted by Crippen LogP contribution is 2.43. The van der Waals surface area contributed by atoms with Gasteiger partial charge in [0.25, 0.3) is 0 Å². The van der Waals surface area contributed by atoms with Crippen LogP contribution in [0.1, 0.15) is 42.1 Å². The number of nitrogens with one attached hydrogen (secondary N) is 1. The highest BCUT2D eigenvalue weighted by molar-refractivity contribution is 5.93. The van der Waals surface area contributed by atoms with Gasteiger partial charge in [0.15, 0.2) is 0 Å². The molecular formula is C30H24F4N6O2. The van der Waals surface area contributed by atoms with Crippen LogP contribution in [0.15, 0.2) is 84.1 Å². The van der Waals surface area contributed by atoms with E-state index in [-0.39, 0.29) is 29.8 Å². The third kappa shape index (κ3) is 5.41. The molecule has 1 atom stereocenters. The molecule has 2 heterocycles. The maximum Gasteiger partial charge on any atom is 0.416 e. The first kappa shape index (κ1) is 28.4. The molecule has 0 radical (unpaired) electrons. The smallest absolute Gasteiger partial charge is 0.416 e. The molecule has 1 aromatic heterocycles. The van der Waals surface area contributed by atoms with Crippen molar-refractivity contribution in [2.45, 2.75) is 32.7 Å². The molecule has 1 unspecified atom stereocenters. The van der Waals surface area contributed by atoms with Gasteiger partial charge in [-0.1, -0.05) is 30.3 Å². The lowest BCUT2D eigenvalue weighted by atomic mass is 9.94. The molecule has 12 heteroatoms. The van der Waals surface area contributed by atoms with Crippen LogP contribution in [-0.4, -0.2) is 27.3 Å². The van der Waals surface area contributed by atoms with Crippen LogP contribution in [0.4, 0.5) is 40.8 Å². The van der Waals surface area contributed by atoms with E-state index >= 15 is 0 Å². The summed E-state index contributed by atoms with van der Waals surface area (Å²) in [6.07, 6.45) is -4.55. The van der Waals surface area contributed by atoms with Gasteiger partial charge in [0.2, 0.25) is 11.9 Å². The molecule has 0 spiro atoms. The van der Waals surface area contributed by atoms with Gasteiger partial charge in [-0.25, -0.2) is 13.9 Å². The van der Waals surface area contributed by atoms with Gasteiger partial charge in [0.05, 0.1) is 29.4 Å². The molecule has 1 aliphatic heterocycles. The molecule has 8 nitrogen and oxygen atoms in total. The van der Waals surface area contributed by atoms with E-state index in [4.69, 9.17) is 4.74 Å². The van der Waals surface area contributed by atoms with Gasteiger partial charge in [0.1, 0.15) is 12.7 Å². The van der Waals surface area contributed by atoms with Crippen molar-refractivity contribution in [1.82, 2.24) is 14.8 Å². The minimum absolute atomic E-state index is 0.0347. The second-order valence-electron chi connectivity index (χ2n) is 9.38. The maximum absolute atomic E-state index is 13.6. The molecule has 3 aromatic carbocycles. The average molecular weight is 577 g/mol. The Hall–Kier alpha value is -5.18. The van der Waals surface area contributed by atoms with Gasteiger partial charge < -0.3 is 10.1 Å². The first-order valence-electron chi connectivity index (χ1n) is 12.9. The number of hydrogen-bond acceptors (Lipinski definition) is 7. The highest BCUT2D eigenvalue weighted by Gasteiger charge is 2.39. The lowest BCUT2D eigenvalue weighted by molar-refractivity contribution is -0.139. The number of carbonyl (C=O) groups is 1. The summed E-state index contributed by atoms with van der Waals surface area (Å²) in [5, 5.41) is 16.7. The maximum atomic E-state index is 13.6. The SMILES string of the molecule is CCOC(=O)C1=C(C)N(c2cccc(CF)c2)c2nc(Nc3cccc(C(F)(F)F)c3)nn2C1c1ccc(C#N)cc1. The fourth-order valence-corrected chi connectivity index (χ4v) is 4.79. The first-order valence-corrected chi connectivity index (χ1v) is 12.9. The summed E-state index contributed by atoms with van der Waals surface area (Å²) in [6.45, 7) is 2.74. The Morgan fingerprint density at radius 2 is 1.83 bits per heavy atom. The van der Waals surface area contributed by atoms with Gasteiger partial charge in [-0.15, -0.1) is 5.10 Å².